The van der Waals surface area contributed by atoms with Crippen molar-refractivity contribution in [3.63, 3.8) is 0 Å². The van der Waals surface area contributed by atoms with Crippen molar-refractivity contribution < 1.29 is 4.79 Å². The van der Waals surface area contributed by atoms with Crippen molar-refractivity contribution in [2.75, 3.05) is 5.75 Å². The van der Waals surface area contributed by atoms with E-state index in [0.29, 0.717) is 12.2 Å². The van der Waals surface area contributed by atoms with Gasteiger partial charge in [0.2, 0.25) is 0 Å². The molecule has 1 aromatic heterocycles. The summed E-state index contributed by atoms with van der Waals surface area (Å²) in [5, 5.41) is 4.37. The van der Waals surface area contributed by atoms with Crippen LogP contribution in [0.15, 0.2) is 12.4 Å². The number of hydrogen-bond acceptors (Lipinski definition) is 3. The van der Waals surface area contributed by atoms with Gasteiger partial charge in [-0.15, -0.1) is 0 Å². The molecular weight excluding hydrogens is 208 g/mol. The summed E-state index contributed by atoms with van der Waals surface area (Å²) in [7, 11) is 1.90. The van der Waals surface area contributed by atoms with Crippen molar-refractivity contribution >= 4 is 17.5 Å². The van der Waals surface area contributed by atoms with Gasteiger partial charge in [-0.25, -0.2) is 0 Å². The van der Waals surface area contributed by atoms with Crippen LogP contribution >= 0.6 is 11.8 Å². The van der Waals surface area contributed by atoms with Crippen molar-refractivity contribution in [2.24, 2.45) is 7.05 Å². The number of rotatable bonds is 4. The highest BCUT2D eigenvalue weighted by Gasteiger charge is 2.22. The highest BCUT2D eigenvalue weighted by Crippen LogP contribution is 2.27. The van der Waals surface area contributed by atoms with E-state index >= 15 is 0 Å². The maximum atomic E-state index is 11.8. The van der Waals surface area contributed by atoms with Crippen LogP contribution < -0.4 is 0 Å². The number of ketones is 1. The second kappa shape index (κ2) is 4.84. The van der Waals surface area contributed by atoms with Gasteiger partial charge in [-0.05, 0) is 30.6 Å². The minimum absolute atomic E-state index is 0.279. The number of hydrogen-bond donors (Lipinski definition) is 0. The van der Waals surface area contributed by atoms with Crippen LogP contribution in [0.1, 0.15) is 24.8 Å². The number of aryl methyl sites for hydroxylation is 2. The molecule has 0 spiro atoms. The van der Waals surface area contributed by atoms with E-state index in [2.05, 4.69) is 5.10 Å². The van der Waals surface area contributed by atoms with Crippen LogP contribution in [0.25, 0.3) is 0 Å². The molecule has 0 aromatic carbocycles. The Bertz CT molecular complexity index is 342. The molecule has 3 nitrogen and oxygen atoms in total. The van der Waals surface area contributed by atoms with Crippen molar-refractivity contribution in [2.45, 2.75) is 30.9 Å². The van der Waals surface area contributed by atoms with Crippen LogP contribution in [0.5, 0.6) is 0 Å². The van der Waals surface area contributed by atoms with Gasteiger partial charge in [0.15, 0.2) is 0 Å². The Kier molecular flexibility index (Phi) is 3.46. The summed E-state index contributed by atoms with van der Waals surface area (Å²) in [6.45, 7) is 0. The van der Waals surface area contributed by atoms with E-state index < -0.39 is 0 Å². The van der Waals surface area contributed by atoms with Crippen LogP contribution in [-0.4, -0.2) is 26.6 Å². The summed E-state index contributed by atoms with van der Waals surface area (Å²) in [6, 6.07) is 0. The first-order chi connectivity index (χ1) is 7.25. The van der Waals surface area contributed by atoms with E-state index in [1.807, 2.05) is 31.2 Å². The largest absolute Gasteiger partial charge is 0.298 e. The van der Waals surface area contributed by atoms with Gasteiger partial charge in [0.1, 0.15) is 5.78 Å². The second-order valence-electron chi connectivity index (χ2n) is 3.99. The number of aromatic nitrogens is 2. The molecule has 0 N–H and O–H groups in total. The van der Waals surface area contributed by atoms with Gasteiger partial charge < -0.3 is 0 Å². The molecule has 82 valence electrons. The standard InChI is InChI=1S/C11H16N2OS/c1-13-8-9(7-12-13)4-5-10(14)11-3-2-6-15-11/h7-8,11H,2-6H2,1H3. The monoisotopic (exact) mass is 224 g/mol. The van der Waals surface area contributed by atoms with E-state index in [1.54, 1.807) is 4.68 Å². The van der Waals surface area contributed by atoms with Crippen molar-refractivity contribution in [3.05, 3.63) is 18.0 Å². The topological polar surface area (TPSA) is 34.9 Å². The zero-order valence-corrected chi connectivity index (χ0v) is 9.80. The quantitative estimate of drug-likeness (QED) is 0.782. The molecule has 2 heterocycles. The fourth-order valence-electron chi connectivity index (χ4n) is 1.86. The molecule has 0 bridgehead atoms. The molecule has 1 saturated heterocycles. The Morgan fingerprint density at radius 1 is 1.73 bits per heavy atom. The summed E-state index contributed by atoms with van der Waals surface area (Å²) < 4.78 is 1.78. The van der Waals surface area contributed by atoms with Crippen LogP contribution in [-0.2, 0) is 18.3 Å². The lowest BCUT2D eigenvalue weighted by molar-refractivity contribution is -0.118. The predicted octanol–water partition coefficient (Wildman–Crippen LogP) is 1.82. The van der Waals surface area contributed by atoms with Crippen molar-refractivity contribution in [1.82, 2.24) is 9.78 Å². The molecule has 1 fully saturated rings. The maximum absolute atomic E-state index is 11.8. The average Bonchev–Trinajstić information content (AvgIpc) is 2.84. The van der Waals surface area contributed by atoms with E-state index in [0.717, 1.165) is 24.2 Å². The number of carbonyl (C=O) groups is 1. The smallest absolute Gasteiger partial charge is 0.146 e. The van der Waals surface area contributed by atoms with E-state index in [1.165, 1.54) is 6.42 Å². The third kappa shape index (κ3) is 2.84. The van der Waals surface area contributed by atoms with Gasteiger partial charge in [0, 0.05) is 19.7 Å². The summed E-state index contributed by atoms with van der Waals surface area (Å²) >= 11 is 1.82. The van der Waals surface area contributed by atoms with Crippen LogP contribution in [0.3, 0.4) is 0 Å². The van der Waals surface area contributed by atoms with Gasteiger partial charge in [0.05, 0.1) is 11.4 Å². The molecule has 0 saturated carbocycles. The first-order valence-electron chi connectivity index (χ1n) is 5.37. The van der Waals surface area contributed by atoms with Crippen molar-refractivity contribution in [3.8, 4) is 0 Å². The van der Waals surface area contributed by atoms with Gasteiger partial charge in [-0.2, -0.15) is 16.9 Å². The van der Waals surface area contributed by atoms with Gasteiger partial charge >= 0.3 is 0 Å². The summed E-state index contributed by atoms with van der Waals surface area (Å²) in [4.78, 5) is 11.8. The average molecular weight is 224 g/mol. The third-order valence-corrected chi connectivity index (χ3v) is 4.13. The molecular formula is C11H16N2OS. The van der Waals surface area contributed by atoms with Gasteiger partial charge in [-0.1, -0.05) is 0 Å². The molecule has 0 amide bonds. The normalized spacial score (nSPS) is 20.7. The van der Waals surface area contributed by atoms with E-state index in [-0.39, 0.29) is 5.25 Å². The highest BCUT2D eigenvalue weighted by molar-refractivity contribution is 8.00. The molecule has 1 atom stereocenters. The number of Topliss-reactive ketones (excluding diaryl/α,β-unsaturated/α-hetero) is 1. The van der Waals surface area contributed by atoms with E-state index in [9.17, 15) is 4.79 Å². The molecule has 1 aliphatic heterocycles. The second-order valence-corrected chi connectivity index (χ2v) is 5.30. The first-order valence-corrected chi connectivity index (χ1v) is 6.42. The van der Waals surface area contributed by atoms with Gasteiger partial charge in [0.25, 0.3) is 0 Å². The Balaban J connectivity index is 1.80. The van der Waals surface area contributed by atoms with Gasteiger partial charge in [-0.3, -0.25) is 9.48 Å². The minimum Gasteiger partial charge on any atom is -0.298 e. The molecule has 0 aliphatic carbocycles. The summed E-state index contributed by atoms with van der Waals surface area (Å²) in [6.07, 6.45) is 7.61. The highest BCUT2D eigenvalue weighted by atomic mass is 32.2. The van der Waals surface area contributed by atoms with E-state index in [4.69, 9.17) is 0 Å². The molecule has 2 rings (SSSR count). The number of thioether (sulfide) groups is 1. The lowest BCUT2D eigenvalue weighted by atomic mass is 10.1. The van der Waals surface area contributed by atoms with Crippen LogP contribution in [0, 0.1) is 0 Å². The lowest BCUT2D eigenvalue weighted by Gasteiger charge is -2.05. The molecule has 0 radical (unpaired) electrons. The minimum atomic E-state index is 0.279. The number of carbonyl (C=O) groups excluding carboxylic acids is 1. The number of nitrogens with zero attached hydrogens (tertiary/aromatic N) is 2. The zero-order chi connectivity index (χ0) is 10.7. The maximum Gasteiger partial charge on any atom is 0.146 e. The van der Waals surface area contributed by atoms with Crippen LogP contribution in [0.4, 0.5) is 0 Å². The van der Waals surface area contributed by atoms with Crippen molar-refractivity contribution in [1.29, 1.82) is 0 Å². The fourth-order valence-corrected chi connectivity index (χ4v) is 3.12. The molecule has 1 aliphatic rings. The lowest BCUT2D eigenvalue weighted by Crippen LogP contribution is -2.14. The molecule has 15 heavy (non-hydrogen) atoms. The Morgan fingerprint density at radius 3 is 3.20 bits per heavy atom. The Labute approximate surface area is 94.2 Å². The summed E-state index contributed by atoms with van der Waals surface area (Å²) in [5.41, 5.74) is 1.16. The zero-order valence-electron chi connectivity index (χ0n) is 8.98. The molecule has 1 aromatic rings. The van der Waals surface area contributed by atoms with Crippen LogP contribution in [0.2, 0.25) is 0 Å². The summed E-state index contributed by atoms with van der Waals surface area (Å²) in [5.74, 6) is 1.57. The first kappa shape index (κ1) is 10.7. The Hall–Kier alpha value is -0.770. The fraction of sp³-hybridized carbons (Fsp3) is 0.636. The predicted molar refractivity (Wildman–Crippen MR) is 62.0 cm³/mol. The SMILES string of the molecule is Cn1cc(CCC(=O)C2CCCS2)cn1. The molecule has 4 heteroatoms. The molecule has 1 unspecified atom stereocenters. The Morgan fingerprint density at radius 2 is 2.60 bits per heavy atom. The third-order valence-electron chi connectivity index (χ3n) is 2.71.